The van der Waals surface area contributed by atoms with E-state index < -0.39 is 0 Å². The summed E-state index contributed by atoms with van der Waals surface area (Å²) in [7, 11) is 0. The molecule has 0 bridgehead atoms. The minimum atomic E-state index is 0.485. The van der Waals surface area contributed by atoms with Crippen molar-refractivity contribution in [2.24, 2.45) is 16.6 Å². The summed E-state index contributed by atoms with van der Waals surface area (Å²) in [6, 6.07) is 7.75. The fourth-order valence-corrected chi connectivity index (χ4v) is 1.78. The number of rotatable bonds is 7. The highest BCUT2D eigenvalue weighted by molar-refractivity contribution is 9.10. The van der Waals surface area contributed by atoms with E-state index in [1.807, 2.05) is 24.3 Å². The summed E-state index contributed by atoms with van der Waals surface area (Å²) in [5.41, 5.74) is 5.74. The number of benzene rings is 1. The first-order valence-electron chi connectivity index (χ1n) is 6.50. The predicted octanol–water partition coefficient (Wildman–Crippen LogP) is 2.78. The van der Waals surface area contributed by atoms with Gasteiger partial charge in [0.25, 0.3) is 0 Å². The molecule has 0 radical (unpaired) electrons. The fraction of sp³-hybridized carbons (Fsp3) is 0.500. The van der Waals surface area contributed by atoms with Crippen LogP contribution in [0, 0.1) is 5.92 Å². The van der Waals surface area contributed by atoms with E-state index >= 15 is 0 Å². The molecule has 0 fully saturated rings. The van der Waals surface area contributed by atoms with Gasteiger partial charge in [-0.05, 0) is 30.5 Å². The van der Waals surface area contributed by atoms with E-state index in [2.05, 4.69) is 40.1 Å². The Morgan fingerprint density at radius 1 is 1.47 bits per heavy atom. The highest BCUT2D eigenvalue weighted by atomic mass is 79.9. The third kappa shape index (κ3) is 7.72. The second-order valence-electron chi connectivity index (χ2n) is 4.68. The van der Waals surface area contributed by atoms with Crippen LogP contribution in [-0.4, -0.2) is 25.7 Å². The van der Waals surface area contributed by atoms with Crippen molar-refractivity contribution in [1.29, 1.82) is 0 Å². The topological polar surface area (TPSA) is 59.6 Å². The molecule has 4 nitrogen and oxygen atoms in total. The summed E-state index contributed by atoms with van der Waals surface area (Å²) in [4.78, 5) is 4.24. The maximum atomic E-state index is 5.74. The fourth-order valence-electron chi connectivity index (χ4n) is 1.40. The van der Waals surface area contributed by atoms with Crippen molar-refractivity contribution in [3.05, 3.63) is 28.7 Å². The van der Waals surface area contributed by atoms with E-state index in [0.29, 0.717) is 25.0 Å². The summed E-state index contributed by atoms with van der Waals surface area (Å²) < 4.78 is 6.58. The van der Waals surface area contributed by atoms with Gasteiger partial charge in [0.2, 0.25) is 0 Å². The van der Waals surface area contributed by atoms with E-state index in [4.69, 9.17) is 10.5 Å². The second-order valence-corrected chi connectivity index (χ2v) is 5.60. The average molecular weight is 328 g/mol. The lowest BCUT2D eigenvalue weighted by Crippen LogP contribution is -2.34. The normalized spacial score (nSPS) is 11.7. The van der Waals surface area contributed by atoms with E-state index in [9.17, 15) is 0 Å². The first-order valence-corrected chi connectivity index (χ1v) is 7.29. The summed E-state index contributed by atoms with van der Waals surface area (Å²) in [6.07, 6.45) is 1.05. The van der Waals surface area contributed by atoms with Gasteiger partial charge in [0, 0.05) is 11.0 Å². The number of nitrogens with zero attached hydrogens (tertiary/aromatic N) is 1. The van der Waals surface area contributed by atoms with Crippen LogP contribution in [0.25, 0.3) is 0 Å². The Labute approximate surface area is 123 Å². The van der Waals surface area contributed by atoms with Crippen molar-refractivity contribution in [3.8, 4) is 5.75 Å². The molecule has 0 aliphatic carbocycles. The van der Waals surface area contributed by atoms with Crippen molar-refractivity contribution < 1.29 is 4.74 Å². The highest BCUT2D eigenvalue weighted by Crippen LogP contribution is 2.17. The molecule has 0 aromatic heterocycles. The lowest BCUT2D eigenvalue weighted by Gasteiger charge is -2.08. The lowest BCUT2D eigenvalue weighted by molar-refractivity contribution is 0.322. The number of halogens is 1. The van der Waals surface area contributed by atoms with Crippen LogP contribution in [0.2, 0.25) is 0 Å². The largest absolute Gasteiger partial charge is 0.492 e. The lowest BCUT2D eigenvalue weighted by atomic mass is 10.1. The minimum absolute atomic E-state index is 0.485. The zero-order chi connectivity index (χ0) is 14.1. The van der Waals surface area contributed by atoms with Crippen LogP contribution < -0.4 is 15.8 Å². The number of ether oxygens (including phenoxy) is 1. The predicted molar refractivity (Wildman–Crippen MR) is 83.6 cm³/mol. The maximum absolute atomic E-state index is 5.74. The van der Waals surface area contributed by atoms with Gasteiger partial charge < -0.3 is 15.8 Å². The average Bonchev–Trinajstić information content (AvgIpc) is 2.34. The number of nitrogens with two attached hydrogens (primary N) is 1. The van der Waals surface area contributed by atoms with Crippen LogP contribution in [0.1, 0.15) is 20.3 Å². The van der Waals surface area contributed by atoms with Crippen LogP contribution in [-0.2, 0) is 0 Å². The molecule has 0 heterocycles. The minimum Gasteiger partial charge on any atom is -0.492 e. The van der Waals surface area contributed by atoms with Crippen LogP contribution in [0.5, 0.6) is 5.75 Å². The Kier molecular flexibility index (Phi) is 7.33. The number of hydrogen-bond acceptors (Lipinski definition) is 2. The first kappa shape index (κ1) is 15.8. The molecular formula is C14H22BrN3O. The van der Waals surface area contributed by atoms with Gasteiger partial charge in [-0.3, -0.25) is 4.99 Å². The Morgan fingerprint density at radius 3 is 2.95 bits per heavy atom. The number of guanidine groups is 1. The van der Waals surface area contributed by atoms with E-state index in [0.717, 1.165) is 23.2 Å². The SMILES string of the molecule is CC(C)CCN=C(N)NCCOc1cccc(Br)c1. The molecular weight excluding hydrogens is 306 g/mol. The molecule has 0 aliphatic heterocycles. The molecule has 0 saturated heterocycles. The standard InChI is InChI=1S/C14H22BrN3O/c1-11(2)6-7-17-14(16)18-8-9-19-13-5-3-4-12(15)10-13/h3-5,10-11H,6-9H2,1-2H3,(H3,16,17,18). The van der Waals surface area contributed by atoms with Crippen LogP contribution in [0.3, 0.4) is 0 Å². The van der Waals surface area contributed by atoms with Gasteiger partial charge in [0.05, 0.1) is 6.54 Å². The van der Waals surface area contributed by atoms with Gasteiger partial charge in [-0.2, -0.15) is 0 Å². The summed E-state index contributed by atoms with van der Waals surface area (Å²) in [6.45, 7) is 6.30. The Hall–Kier alpha value is -1.23. The third-order valence-corrected chi connectivity index (χ3v) is 2.95. The monoisotopic (exact) mass is 327 g/mol. The quantitative estimate of drug-likeness (QED) is 0.460. The zero-order valence-corrected chi connectivity index (χ0v) is 13.1. The molecule has 1 rings (SSSR count). The van der Waals surface area contributed by atoms with Gasteiger partial charge in [0.15, 0.2) is 5.96 Å². The Bertz CT molecular complexity index is 407. The van der Waals surface area contributed by atoms with Crippen LogP contribution in [0.15, 0.2) is 33.7 Å². The van der Waals surface area contributed by atoms with E-state index in [-0.39, 0.29) is 0 Å². The summed E-state index contributed by atoms with van der Waals surface area (Å²) >= 11 is 3.40. The molecule has 3 N–H and O–H groups in total. The molecule has 1 aromatic carbocycles. The van der Waals surface area contributed by atoms with Gasteiger partial charge in [-0.15, -0.1) is 0 Å². The van der Waals surface area contributed by atoms with Crippen molar-refractivity contribution in [2.75, 3.05) is 19.7 Å². The van der Waals surface area contributed by atoms with E-state index in [1.165, 1.54) is 0 Å². The molecule has 0 unspecified atom stereocenters. The van der Waals surface area contributed by atoms with Crippen molar-refractivity contribution in [1.82, 2.24) is 5.32 Å². The molecule has 0 atom stereocenters. The molecule has 1 aromatic rings. The highest BCUT2D eigenvalue weighted by Gasteiger charge is 1.96. The van der Waals surface area contributed by atoms with Gasteiger partial charge >= 0.3 is 0 Å². The number of nitrogens with one attached hydrogen (secondary N) is 1. The van der Waals surface area contributed by atoms with E-state index in [1.54, 1.807) is 0 Å². The van der Waals surface area contributed by atoms with Crippen LogP contribution in [0.4, 0.5) is 0 Å². The molecule has 0 amide bonds. The number of hydrogen-bond donors (Lipinski definition) is 2. The molecule has 5 heteroatoms. The van der Waals surface area contributed by atoms with Crippen molar-refractivity contribution in [3.63, 3.8) is 0 Å². The molecule has 0 aliphatic rings. The molecule has 106 valence electrons. The van der Waals surface area contributed by atoms with Crippen molar-refractivity contribution in [2.45, 2.75) is 20.3 Å². The molecule has 0 spiro atoms. The van der Waals surface area contributed by atoms with Gasteiger partial charge in [-0.25, -0.2) is 0 Å². The second kappa shape index (κ2) is 8.80. The summed E-state index contributed by atoms with van der Waals surface area (Å²) in [5.74, 6) is 1.97. The molecule has 0 saturated carbocycles. The van der Waals surface area contributed by atoms with Gasteiger partial charge in [0.1, 0.15) is 12.4 Å². The zero-order valence-electron chi connectivity index (χ0n) is 11.5. The molecule has 19 heavy (non-hydrogen) atoms. The van der Waals surface area contributed by atoms with Gasteiger partial charge in [-0.1, -0.05) is 35.8 Å². The Balaban J connectivity index is 2.16. The maximum Gasteiger partial charge on any atom is 0.188 e. The smallest absolute Gasteiger partial charge is 0.188 e. The van der Waals surface area contributed by atoms with Crippen molar-refractivity contribution >= 4 is 21.9 Å². The van der Waals surface area contributed by atoms with Crippen LogP contribution >= 0.6 is 15.9 Å². The third-order valence-electron chi connectivity index (χ3n) is 2.46. The Morgan fingerprint density at radius 2 is 2.26 bits per heavy atom. The number of aliphatic imine (C=N–C) groups is 1. The summed E-state index contributed by atoms with van der Waals surface area (Å²) in [5, 5.41) is 3.03. The first-order chi connectivity index (χ1) is 9.08.